The van der Waals surface area contributed by atoms with Crippen molar-refractivity contribution in [1.82, 2.24) is 14.9 Å². The number of carbonyl (C=O) groups excluding carboxylic acids is 2. The second kappa shape index (κ2) is 7.29. The molecule has 10 nitrogen and oxygen atoms in total. The molecule has 0 unspecified atom stereocenters. The normalized spacial score (nSPS) is 22.0. The summed E-state index contributed by atoms with van der Waals surface area (Å²) in [5.74, 6) is -2.35. The van der Waals surface area contributed by atoms with Gasteiger partial charge in [0.2, 0.25) is 5.75 Å². The third kappa shape index (κ3) is 3.00. The van der Waals surface area contributed by atoms with Crippen molar-refractivity contribution in [2.45, 2.75) is 37.3 Å². The molecule has 0 spiro atoms. The van der Waals surface area contributed by atoms with Crippen LogP contribution in [0.2, 0.25) is 0 Å². The number of aromatic nitrogens is 2. The molecule has 30 heavy (non-hydrogen) atoms. The predicted molar refractivity (Wildman–Crippen MR) is 101 cm³/mol. The Labute approximate surface area is 170 Å². The van der Waals surface area contributed by atoms with Crippen molar-refractivity contribution in [2.75, 3.05) is 7.11 Å². The molecule has 0 saturated carbocycles. The zero-order valence-electron chi connectivity index (χ0n) is 16.1. The van der Waals surface area contributed by atoms with Gasteiger partial charge in [-0.05, 0) is 37.8 Å². The van der Waals surface area contributed by atoms with E-state index >= 15 is 0 Å². The van der Waals surface area contributed by atoms with Gasteiger partial charge < -0.3 is 19.6 Å². The Hall–Kier alpha value is -3.69. The van der Waals surface area contributed by atoms with E-state index in [0.717, 1.165) is 7.11 Å². The van der Waals surface area contributed by atoms with Crippen LogP contribution in [0.15, 0.2) is 35.1 Å². The summed E-state index contributed by atoms with van der Waals surface area (Å²) < 4.78 is 9.89. The van der Waals surface area contributed by atoms with Crippen LogP contribution in [0.3, 0.4) is 0 Å². The summed E-state index contributed by atoms with van der Waals surface area (Å²) in [4.78, 5) is 57.4. The molecule has 2 aromatic rings. The number of amides is 1. The molecule has 0 aliphatic carbocycles. The van der Waals surface area contributed by atoms with Crippen LogP contribution in [0.4, 0.5) is 4.79 Å². The largest absolute Gasteiger partial charge is 0.465 e. The van der Waals surface area contributed by atoms with E-state index in [0.29, 0.717) is 25.7 Å². The summed E-state index contributed by atoms with van der Waals surface area (Å²) in [6.45, 7) is 0. The Bertz CT molecular complexity index is 1070. The molecule has 1 amide bonds. The number of ether oxygens (including phenoxy) is 2. The van der Waals surface area contributed by atoms with Crippen LogP contribution >= 0.6 is 0 Å². The molecule has 2 aliphatic heterocycles. The van der Waals surface area contributed by atoms with Crippen molar-refractivity contribution >= 4 is 18.0 Å². The minimum absolute atomic E-state index is 0.0508. The Morgan fingerprint density at radius 2 is 1.83 bits per heavy atom. The van der Waals surface area contributed by atoms with Gasteiger partial charge in [-0.3, -0.25) is 9.69 Å². The fraction of sp³-hybridized carbons (Fsp3) is 0.350. The van der Waals surface area contributed by atoms with Crippen LogP contribution in [-0.2, 0) is 10.3 Å². The summed E-state index contributed by atoms with van der Waals surface area (Å²) in [6, 6.07) is 7.79. The summed E-state index contributed by atoms with van der Waals surface area (Å²) in [6.07, 6.45) is 1.09. The summed E-state index contributed by atoms with van der Waals surface area (Å²) >= 11 is 0. The third-order valence-corrected chi connectivity index (χ3v) is 5.72. The maximum absolute atomic E-state index is 12.8. The van der Waals surface area contributed by atoms with Crippen molar-refractivity contribution < 1.29 is 29.0 Å². The molecule has 2 bridgehead atoms. The predicted octanol–water partition coefficient (Wildman–Crippen LogP) is 1.91. The van der Waals surface area contributed by atoms with Crippen LogP contribution in [0, 0.1) is 0 Å². The smallest absolute Gasteiger partial charge is 0.408 e. The minimum Gasteiger partial charge on any atom is -0.465 e. The third-order valence-electron chi connectivity index (χ3n) is 5.72. The van der Waals surface area contributed by atoms with Gasteiger partial charge in [0.05, 0.1) is 12.7 Å². The highest BCUT2D eigenvalue weighted by Crippen LogP contribution is 2.51. The van der Waals surface area contributed by atoms with Gasteiger partial charge in [0.1, 0.15) is 11.4 Å². The van der Waals surface area contributed by atoms with Crippen molar-refractivity contribution in [3.8, 4) is 5.75 Å². The zero-order valence-corrected chi connectivity index (χ0v) is 16.1. The SMILES string of the molecule is COC(=O)c1nc(C23CCC(CC2)N3C(=O)O)[nH]c(=O)c1OC(=O)c1ccccc1. The van der Waals surface area contributed by atoms with Crippen LogP contribution < -0.4 is 10.3 Å². The number of hydrogen-bond acceptors (Lipinski definition) is 7. The molecule has 0 radical (unpaired) electrons. The van der Waals surface area contributed by atoms with E-state index in [-0.39, 0.29) is 17.4 Å². The Morgan fingerprint density at radius 3 is 2.43 bits per heavy atom. The van der Waals surface area contributed by atoms with Gasteiger partial charge in [0.25, 0.3) is 5.56 Å². The molecule has 4 rings (SSSR count). The quantitative estimate of drug-likeness (QED) is 0.725. The molecule has 3 heterocycles. The number of esters is 2. The molecule has 156 valence electrons. The molecule has 2 saturated heterocycles. The zero-order chi connectivity index (χ0) is 21.5. The van der Waals surface area contributed by atoms with E-state index in [1.54, 1.807) is 18.2 Å². The van der Waals surface area contributed by atoms with E-state index < -0.39 is 40.6 Å². The van der Waals surface area contributed by atoms with E-state index in [1.165, 1.54) is 17.0 Å². The number of nitrogens with one attached hydrogen (secondary N) is 1. The fourth-order valence-corrected chi connectivity index (χ4v) is 4.36. The number of hydrogen-bond donors (Lipinski definition) is 2. The number of carboxylic acid groups (broad SMARTS) is 1. The van der Waals surface area contributed by atoms with E-state index in [2.05, 4.69) is 9.97 Å². The second-order valence-electron chi connectivity index (χ2n) is 7.25. The fourth-order valence-electron chi connectivity index (χ4n) is 4.36. The van der Waals surface area contributed by atoms with Crippen molar-refractivity contribution in [1.29, 1.82) is 0 Å². The molecule has 2 N–H and O–H groups in total. The molecule has 0 atom stereocenters. The number of nitrogens with zero attached hydrogens (tertiary/aromatic N) is 2. The average molecular weight is 413 g/mol. The van der Waals surface area contributed by atoms with Gasteiger partial charge in [-0.15, -0.1) is 0 Å². The number of aromatic amines is 1. The minimum atomic E-state index is -1.11. The number of carbonyl (C=O) groups is 3. The number of fused-ring (bicyclic) bond motifs is 2. The highest BCUT2D eigenvalue weighted by Gasteiger charge is 2.57. The molecule has 2 aliphatic rings. The summed E-state index contributed by atoms with van der Waals surface area (Å²) in [7, 11) is 1.11. The van der Waals surface area contributed by atoms with Gasteiger partial charge in [-0.1, -0.05) is 18.2 Å². The highest BCUT2D eigenvalue weighted by atomic mass is 16.5. The molecule has 1 aromatic heterocycles. The summed E-state index contributed by atoms with van der Waals surface area (Å²) in [5, 5.41) is 9.66. The average Bonchev–Trinajstić information content (AvgIpc) is 3.32. The first-order chi connectivity index (χ1) is 14.4. The standard InChI is InChI=1S/C20H19N3O7/c1-29-17(26)13-14(30-16(25)11-5-3-2-4-6-11)15(24)22-18(21-13)20-9-7-12(8-10-20)23(20)19(27)28/h2-6,12H,7-10H2,1H3,(H,27,28)(H,21,22,24). The second-order valence-corrected chi connectivity index (χ2v) is 7.25. The van der Waals surface area contributed by atoms with Crippen molar-refractivity contribution in [3.63, 3.8) is 0 Å². The molecular weight excluding hydrogens is 394 g/mol. The Kier molecular flexibility index (Phi) is 4.76. The highest BCUT2D eigenvalue weighted by molar-refractivity contribution is 5.94. The van der Waals surface area contributed by atoms with Crippen molar-refractivity contribution in [3.05, 3.63) is 57.8 Å². The van der Waals surface area contributed by atoms with E-state index in [4.69, 9.17) is 9.47 Å². The van der Waals surface area contributed by atoms with Crippen molar-refractivity contribution in [2.24, 2.45) is 0 Å². The van der Waals surface area contributed by atoms with Gasteiger partial charge >= 0.3 is 18.0 Å². The number of benzene rings is 1. The first-order valence-electron chi connectivity index (χ1n) is 9.40. The van der Waals surface area contributed by atoms with Crippen LogP contribution in [0.5, 0.6) is 5.75 Å². The van der Waals surface area contributed by atoms with E-state index in [9.17, 15) is 24.3 Å². The molecule has 10 heteroatoms. The van der Waals surface area contributed by atoms with Crippen LogP contribution in [-0.4, -0.2) is 51.2 Å². The van der Waals surface area contributed by atoms with Gasteiger partial charge in [0.15, 0.2) is 5.69 Å². The molecule has 1 aromatic carbocycles. The lowest BCUT2D eigenvalue weighted by Gasteiger charge is -2.32. The number of rotatable bonds is 4. The maximum atomic E-state index is 12.8. The maximum Gasteiger partial charge on any atom is 0.408 e. The van der Waals surface area contributed by atoms with E-state index in [1.807, 2.05) is 0 Å². The van der Waals surface area contributed by atoms with Gasteiger partial charge in [-0.2, -0.15) is 0 Å². The molecular formula is C20H19N3O7. The van der Waals surface area contributed by atoms with Crippen LogP contribution in [0.25, 0.3) is 0 Å². The lowest BCUT2D eigenvalue weighted by molar-refractivity contribution is 0.0582. The molecule has 2 fully saturated rings. The lowest BCUT2D eigenvalue weighted by atomic mass is 9.87. The first kappa shape index (κ1) is 19.6. The Morgan fingerprint density at radius 1 is 1.17 bits per heavy atom. The Balaban J connectivity index is 1.79. The summed E-state index contributed by atoms with van der Waals surface area (Å²) in [5.41, 5.74) is -2.18. The number of methoxy groups -OCH3 is 1. The first-order valence-corrected chi connectivity index (χ1v) is 9.40. The van der Waals surface area contributed by atoms with Gasteiger partial charge in [-0.25, -0.2) is 19.4 Å². The number of H-pyrrole nitrogens is 1. The van der Waals surface area contributed by atoms with Gasteiger partial charge in [0, 0.05) is 6.04 Å². The lowest BCUT2D eigenvalue weighted by Crippen LogP contribution is -2.44. The topological polar surface area (TPSA) is 139 Å². The van der Waals surface area contributed by atoms with Crippen LogP contribution in [0.1, 0.15) is 52.4 Å². The monoisotopic (exact) mass is 413 g/mol.